The summed E-state index contributed by atoms with van der Waals surface area (Å²) in [6.07, 6.45) is -1.85. The number of carbonyl (C=O) groups is 2. The third-order valence-electron chi connectivity index (χ3n) is 3.91. The predicted molar refractivity (Wildman–Crippen MR) is 108 cm³/mol. The monoisotopic (exact) mass is 433 g/mol. The lowest BCUT2D eigenvalue weighted by Gasteiger charge is -2.07. The van der Waals surface area contributed by atoms with E-state index in [1.165, 1.54) is 25.5 Å². The van der Waals surface area contributed by atoms with Crippen LogP contribution < -0.4 is 5.32 Å². The van der Waals surface area contributed by atoms with Crippen LogP contribution >= 0.6 is 11.8 Å². The third-order valence-corrected chi connectivity index (χ3v) is 4.81. The number of ether oxygens (including phenoxy) is 1. The normalized spacial score (nSPS) is 17.0. The number of amides is 1. The molecule has 1 saturated heterocycles. The van der Waals surface area contributed by atoms with Crippen LogP contribution in [-0.2, 0) is 20.5 Å². The smallest absolute Gasteiger partial charge is 0.416 e. The first kappa shape index (κ1) is 21.3. The highest BCUT2D eigenvalue weighted by Gasteiger charge is 2.30. The Bertz CT molecular complexity index is 1040. The lowest BCUT2D eigenvalue weighted by Crippen LogP contribution is -2.19. The fraction of sp³-hybridized carbons (Fsp3) is 0.100. The lowest BCUT2D eigenvalue weighted by atomic mass is 10.0. The fourth-order valence-corrected chi connectivity index (χ4v) is 3.14. The molecule has 1 heterocycles. The Balaban J connectivity index is 1.65. The quantitative estimate of drug-likeness (QED) is 0.342. The van der Waals surface area contributed by atoms with Gasteiger partial charge in [-0.05, 0) is 40.6 Å². The van der Waals surface area contributed by atoms with Crippen molar-refractivity contribution in [2.24, 2.45) is 10.2 Å². The number of benzene rings is 2. The number of rotatable bonds is 4. The summed E-state index contributed by atoms with van der Waals surface area (Å²) in [5.41, 5.74) is 1.41. The lowest BCUT2D eigenvalue weighted by molar-refractivity contribution is -0.137. The van der Waals surface area contributed by atoms with Crippen LogP contribution in [0.1, 0.15) is 11.1 Å². The van der Waals surface area contributed by atoms with Crippen LogP contribution in [-0.4, -0.2) is 30.4 Å². The summed E-state index contributed by atoms with van der Waals surface area (Å²) >= 11 is 0.956. The number of halogens is 3. The zero-order valence-electron chi connectivity index (χ0n) is 15.4. The number of hydrogen-bond acceptors (Lipinski definition) is 6. The van der Waals surface area contributed by atoms with Crippen LogP contribution in [0.4, 0.5) is 13.2 Å². The van der Waals surface area contributed by atoms with E-state index in [-0.39, 0.29) is 10.1 Å². The molecule has 0 saturated carbocycles. The largest absolute Gasteiger partial charge is 0.466 e. The highest BCUT2D eigenvalue weighted by atomic mass is 32.2. The van der Waals surface area contributed by atoms with Gasteiger partial charge in [-0.25, -0.2) is 4.79 Å². The minimum atomic E-state index is -4.37. The Morgan fingerprint density at radius 3 is 2.23 bits per heavy atom. The van der Waals surface area contributed by atoms with Crippen LogP contribution in [0, 0.1) is 0 Å². The van der Waals surface area contributed by atoms with E-state index in [9.17, 15) is 22.8 Å². The second-order valence-electron chi connectivity index (χ2n) is 5.93. The summed E-state index contributed by atoms with van der Waals surface area (Å²) < 4.78 is 42.4. The average molecular weight is 433 g/mol. The summed E-state index contributed by atoms with van der Waals surface area (Å²) in [4.78, 5) is 23.1. The molecule has 0 radical (unpaired) electrons. The van der Waals surface area contributed by atoms with Gasteiger partial charge in [0.15, 0.2) is 5.17 Å². The number of nitrogens with zero attached hydrogens (tertiary/aromatic N) is 2. The summed E-state index contributed by atoms with van der Waals surface area (Å²) in [5, 5.41) is 10.5. The van der Waals surface area contributed by atoms with Crippen molar-refractivity contribution in [2.75, 3.05) is 7.11 Å². The SMILES string of the molecule is COC(=O)/C=C1/S/C(=N\N=Cc2ccc(-c3ccc(C(F)(F)F)cc3)cc2)NC1=O. The maximum atomic E-state index is 12.6. The molecule has 1 fully saturated rings. The first-order valence-corrected chi connectivity index (χ1v) is 9.25. The number of thioether (sulfide) groups is 1. The average Bonchev–Trinajstić information content (AvgIpc) is 3.07. The van der Waals surface area contributed by atoms with Gasteiger partial charge in [-0.15, -0.1) is 5.10 Å². The zero-order chi connectivity index (χ0) is 21.7. The van der Waals surface area contributed by atoms with Gasteiger partial charge >= 0.3 is 12.1 Å². The molecule has 0 atom stereocenters. The van der Waals surface area contributed by atoms with E-state index in [1.807, 2.05) is 0 Å². The molecule has 0 spiro atoms. The molecule has 6 nitrogen and oxygen atoms in total. The minimum absolute atomic E-state index is 0.150. The Kier molecular flexibility index (Phi) is 6.36. The van der Waals surface area contributed by atoms with Crippen molar-refractivity contribution < 1.29 is 27.5 Å². The number of amidine groups is 1. The van der Waals surface area contributed by atoms with E-state index in [0.717, 1.165) is 35.5 Å². The molecule has 154 valence electrons. The molecule has 2 aromatic rings. The molecule has 0 bridgehead atoms. The Hall–Kier alpha value is -3.40. The van der Waals surface area contributed by atoms with E-state index in [2.05, 4.69) is 20.3 Å². The fourth-order valence-electron chi connectivity index (χ4n) is 2.40. The first-order valence-electron chi connectivity index (χ1n) is 8.44. The number of esters is 1. The maximum absolute atomic E-state index is 12.6. The van der Waals surface area contributed by atoms with Crippen molar-refractivity contribution in [3.8, 4) is 11.1 Å². The Labute approximate surface area is 173 Å². The van der Waals surface area contributed by atoms with Gasteiger partial charge in [0.05, 0.1) is 23.8 Å². The molecule has 3 rings (SSSR count). The summed E-state index contributed by atoms with van der Waals surface area (Å²) in [7, 11) is 1.21. The Morgan fingerprint density at radius 2 is 1.67 bits per heavy atom. The molecule has 10 heteroatoms. The van der Waals surface area contributed by atoms with Crippen LogP contribution in [0.25, 0.3) is 11.1 Å². The number of hydrogen-bond donors (Lipinski definition) is 1. The topological polar surface area (TPSA) is 80.1 Å². The zero-order valence-corrected chi connectivity index (χ0v) is 16.3. The van der Waals surface area contributed by atoms with Crippen molar-refractivity contribution in [3.63, 3.8) is 0 Å². The Morgan fingerprint density at radius 1 is 1.07 bits per heavy atom. The van der Waals surface area contributed by atoms with E-state index < -0.39 is 23.6 Å². The molecule has 1 aliphatic heterocycles. The van der Waals surface area contributed by atoms with Crippen molar-refractivity contribution in [1.29, 1.82) is 0 Å². The molecule has 0 aromatic heterocycles. The number of alkyl halides is 3. The molecule has 0 unspecified atom stereocenters. The molecule has 1 amide bonds. The first-order chi connectivity index (χ1) is 14.3. The number of nitrogens with one attached hydrogen (secondary N) is 1. The van der Waals surface area contributed by atoms with Gasteiger partial charge in [-0.2, -0.15) is 18.3 Å². The maximum Gasteiger partial charge on any atom is 0.416 e. The molecular formula is C20H14F3N3O3S. The van der Waals surface area contributed by atoms with Gasteiger partial charge in [0.1, 0.15) is 0 Å². The van der Waals surface area contributed by atoms with Crippen molar-refractivity contribution >= 4 is 35.0 Å². The molecule has 1 N–H and O–H groups in total. The van der Waals surface area contributed by atoms with E-state index >= 15 is 0 Å². The highest BCUT2D eigenvalue weighted by molar-refractivity contribution is 8.18. The van der Waals surface area contributed by atoms with Gasteiger partial charge in [-0.1, -0.05) is 36.4 Å². The van der Waals surface area contributed by atoms with Gasteiger partial charge in [0.2, 0.25) is 0 Å². The summed E-state index contributed by atoms with van der Waals surface area (Å²) in [6, 6.07) is 11.9. The van der Waals surface area contributed by atoms with Crippen LogP contribution in [0.2, 0.25) is 0 Å². The molecular weight excluding hydrogens is 419 g/mol. The van der Waals surface area contributed by atoms with E-state index in [0.29, 0.717) is 11.1 Å². The summed E-state index contributed by atoms with van der Waals surface area (Å²) in [5.74, 6) is -1.12. The van der Waals surface area contributed by atoms with Gasteiger partial charge in [0.25, 0.3) is 5.91 Å². The third kappa shape index (κ3) is 5.35. The number of carbonyl (C=O) groups excluding carboxylic acids is 2. The van der Waals surface area contributed by atoms with E-state index in [4.69, 9.17) is 0 Å². The second kappa shape index (κ2) is 8.95. The number of methoxy groups -OCH3 is 1. The molecule has 0 aliphatic carbocycles. The van der Waals surface area contributed by atoms with Crippen molar-refractivity contribution in [2.45, 2.75) is 6.18 Å². The highest BCUT2D eigenvalue weighted by Crippen LogP contribution is 2.31. The van der Waals surface area contributed by atoms with E-state index in [1.54, 1.807) is 24.3 Å². The van der Waals surface area contributed by atoms with Crippen LogP contribution in [0.5, 0.6) is 0 Å². The van der Waals surface area contributed by atoms with Crippen LogP contribution in [0.3, 0.4) is 0 Å². The molecule has 30 heavy (non-hydrogen) atoms. The summed E-state index contributed by atoms with van der Waals surface area (Å²) in [6.45, 7) is 0. The van der Waals surface area contributed by atoms with Crippen molar-refractivity contribution in [1.82, 2.24) is 5.32 Å². The van der Waals surface area contributed by atoms with Gasteiger partial charge in [-0.3, -0.25) is 10.1 Å². The molecule has 1 aliphatic rings. The minimum Gasteiger partial charge on any atom is -0.466 e. The van der Waals surface area contributed by atoms with Gasteiger partial charge in [0, 0.05) is 6.08 Å². The van der Waals surface area contributed by atoms with Crippen LogP contribution in [0.15, 0.2) is 69.7 Å². The van der Waals surface area contributed by atoms with Gasteiger partial charge < -0.3 is 4.74 Å². The van der Waals surface area contributed by atoms with Crippen molar-refractivity contribution in [3.05, 3.63) is 70.6 Å². The second-order valence-corrected chi connectivity index (χ2v) is 6.97. The predicted octanol–water partition coefficient (Wildman–Crippen LogP) is 3.98. The standard InChI is InChI=1S/C20H14F3N3O3S/c1-29-17(27)10-16-18(28)25-19(30-16)26-24-11-12-2-4-13(5-3-12)14-6-8-15(9-7-14)20(21,22)23/h2-11H,1H3,(H,25,26,28)/b16-10+,24-11?. The molecule has 2 aromatic carbocycles.